The van der Waals surface area contributed by atoms with E-state index in [9.17, 15) is 13.2 Å². The van der Waals surface area contributed by atoms with E-state index in [1.807, 2.05) is 0 Å². The lowest BCUT2D eigenvalue weighted by Crippen LogP contribution is -2.61. The van der Waals surface area contributed by atoms with E-state index >= 15 is 4.79 Å². The second kappa shape index (κ2) is 14.2. The Bertz CT molecular complexity index is 1870. The van der Waals surface area contributed by atoms with Crippen LogP contribution in [0.3, 0.4) is 0 Å². The van der Waals surface area contributed by atoms with Gasteiger partial charge in [-0.1, -0.05) is 6.07 Å². The van der Waals surface area contributed by atoms with Crippen LogP contribution in [0.2, 0.25) is 0 Å². The Labute approximate surface area is 292 Å². The van der Waals surface area contributed by atoms with Crippen molar-refractivity contribution in [3.63, 3.8) is 0 Å². The van der Waals surface area contributed by atoms with Crippen molar-refractivity contribution >= 4 is 33.9 Å². The Balaban J connectivity index is 1.45. The van der Waals surface area contributed by atoms with Gasteiger partial charge in [-0.3, -0.25) is 9.69 Å². The van der Waals surface area contributed by atoms with Gasteiger partial charge in [0.2, 0.25) is 5.88 Å². The number of piperidine rings is 1. The quantitative estimate of drug-likeness (QED) is 0.301. The zero-order valence-electron chi connectivity index (χ0n) is 28.7. The van der Waals surface area contributed by atoms with Crippen molar-refractivity contribution in [2.45, 2.75) is 36.2 Å². The molecule has 50 heavy (non-hydrogen) atoms. The number of ether oxygens (including phenoxy) is 3. The van der Waals surface area contributed by atoms with Gasteiger partial charge in [0.1, 0.15) is 16.4 Å². The number of likely N-dealkylation sites (tertiary alicyclic amines) is 1. The number of nitrogens with one attached hydrogen (secondary N) is 2. The highest BCUT2D eigenvalue weighted by atomic mass is 32.2. The first-order valence-corrected chi connectivity index (χ1v) is 18.1. The number of rotatable bonds is 10. The summed E-state index contributed by atoms with van der Waals surface area (Å²) in [5, 5.41) is 11.0. The maximum atomic E-state index is 15.2. The molecule has 3 aliphatic heterocycles. The van der Waals surface area contributed by atoms with E-state index < -0.39 is 27.5 Å². The van der Waals surface area contributed by atoms with Gasteiger partial charge < -0.3 is 34.7 Å². The van der Waals surface area contributed by atoms with Crippen molar-refractivity contribution in [2.75, 3.05) is 71.4 Å². The minimum atomic E-state index is -4.67. The number of carbonyl (C=O) groups is 2. The summed E-state index contributed by atoms with van der Waals surface area (Å²) in [6.45, 7) is 6.21. The van der Waals surface area contributed by atoms with E-state index in [2.05, 4.69) is 27.1 Å². The molecule has 15 heteroatoms. The third-order valence-corrected chi connectivity index (χ3v) is 11.5. The van der Waals surface area contributed by atoms with Crippen LogP contribution in [0, 0.1) is 5.41 Å². The molecule has 266 valence electrons. The van der Waals surface area contributed by atoms with Crippen LogP contribution >= 0.6 is 0 Å². The normalized spacial score (nSPS) is 20.4. The van der Waals surface area contributed by atoms with E-state index in [1.54, 1.807) is 36.1 Å². The van der Waals surface area contributed by atoms with Crippen LogP contribution in [0.5, 0.6) is 17.4 Å². The molecule has 0 aliphatic carbocycles. The van der Waals surface area contributed by atoms with Crippen LogP contribution in [0.4, 0.5) is 10.5 Å². The average molecular weight is 706 g/mol. The minimum absolute atomic E-state index is 0.0113. The van der Waals surface area contributed by atoms with Crippen LogP contribution in [0.15, 0.2) is 59.6 Å². The van der Waals surface area contributed by atoms with Crippen molar-refractivity contribution in [2.24, 2.45) is 0 Å². The zero-order chi connectivity index (χ0) is 35.6. The third-order valence-electron chi connectivity index (χ3n) is 9.76. The predicted octanol–water partition coefficient (Wildman–Crippen LogP) is 2.90. The molecule has 2 fully saturated rings. The standard InChI is InChI=1S/C35H43N7O7S/c1-5-49-32-27(7-6-14-37-32)35(38-34(44)41-19-17-40(18-20-41)25-12-15-39(2)16-13-25)28-21-24(23-36)8-10-29(28)42(33(35)43)50(45,46)31-11-9-26(47-3)22-30(31)48-4/h6-11,14,21-23,25,36H,5,12-13,15-20H2,1-4H3,(H,38,44)/t35-/m1/s1. The van der Waals surface area contributed by atoms with Crippen LogP contribution in [-0.4, -0.2) is 119 Å². The average Bonchev–Trinajstić information content (AvgIpc) is 3.39. The van der Waals surface area contributed by atoms with Gasteiger partial charge >= 0.3 is 6.03 Å². The Hall–Kier alpha value is -4.73. The van der Waals surface area contributed by atoms with E-state index in [0.29, 0.717) is 47.8 Å². The summed E-state index contributed by atoms with van der Waals surface area (Å²) in [6, 6.07) is 11.8. The van der Waals surface area contributed by atoms with Gasteiger partial charge in [-0.2, -0.15) is 4.31 Å². The molecule has 1 atom stereocenters. The Morgan fingerprint density at radius 2 is 1.76 bits per heavy atom. The number of urea groups is 1. The second-order valence-electron chi connectivity index (χ2n) is 12.5. The molecule has 1 aromatic heterocycles. The molecule has 2 aromatic carbocycles. The van der Waals surface area contributed by atoms with Crippen LogP contribution < -0.4 is 23.8 Å². The highest BCUT2D eigenvalue weighted by Crippen LogP contribution is 2.50. The number of hydrogen-bond acceptors (Lipinski definition) is 11. The first-order valence-electron chi connectivity index (χ1n) is 16.6. The fraction of sp³-hybridized carbons (Fsp3) is 0.429. The minimum Gasteiger partial charge on any atom is -0.497 e. The summed E-state index contributed by atoms with van der Waals surface area (Å²) in [4.78, 5) is 40.1. The van der Waals surface area contributed by atoms with Gasteiger partial charge in [-0.25, -0.2) is 18.2 Å². The lowest BCUT2D eigenvalue weighted by Gasteiger charge is -2.43. The first-order chi connectivity index (χ1) is 24.1. The molecule has 0 radical (unpaired) electrons. The third kappa shape index (κ3) is 6.13. The predicted molar refractivity (Wildman–Crippen MR) is 187 cm³/mol. The molecule has 0 bridgehead atoms. The molecule has 3 amide bonds. The number of piperazine rings is 1. The number of anilines is 1. The maximum Gasteiger partial charge on any atom is 0.318 e. The van der Waals surface area contributed by atoms with Crippen molar-refractivity contribution < 1.29 is 32.2 Å². The monoisotopic (exact) mass is 705 g/mol. The van der Waals surface area contributed by atoms with Crippen LogP contribution in [0.25, 0.3) is 0 Å². The number of fused-ring (bicyclic) bond motifs is 1. The van der Waals surface area contributed by atoms with E-state index in [4.69, 9.17) is 19.6 Å². The van der Waals surface area contributed by atoms with Gasteiger partial charge in [0, 0.05) is 56.3 Å². The molecule has 0 spiro atoms. The van der Waals surface area contributed by atoms with E-state index in [1.165, 1.54) is 44.7 Å². The summed E-state index contributed by atoms with van der Waals surface area (Å²) in [5.41, 5.74) is -1.37. The molecule has 14 nitrogen and oxygen atoms in total. The number of amides is 3. The fourth-order valence-corrected chi connectivity index (χ4v) is 8.70. The molecule has 3 aromatic rings. The van der Waals surface area contributed by atoms with Crippen molar-refractivity contribution in [3.8, 4) is 17.4 Å². The molecular weight excluding hydrogens is 662 g/mol. The number of nitrogens with zero attached hydrogens (tertiary/aromatic N) is 5. The highest BCUT2D eigenvalue weighted by molar-refractivity contribution is 7.93. The lowest BCUT2D eigenvalue weighted by atomic mass is 9.83. The summed E-state index contributed by atoms with van der Waals surface area (Å²) >= 11 is 0. The Morgan fingerprint density at radius 1 is 1.02 bits per heavy atom. The molecule has 3 aliphatic rings. The smallest absolute Gasteiger partial charge is 0.318 e. The molecular formula is C35H43N7O7S. The highest BCUT2D eigenvalue weighted by Gasteiger charge is 2.59. The van der Waals surface area contributed by atoms with Gasteiger partial charge in [-0.15, -0.1) is 0 Å². The largest absolute Gasteiger partial charge is 0.497 e. The molecule has 0 saturated carbocycles. The van der Waals surface area contributed by atoms with Gasteiger partial charge in [0.15, 0.2) is 5.54 Å². The first kappa shape index (κ1) is 35.1. The number of hydrogen-bond donors (Lipinski definition) is 2. The molecule has 2 saturated heterocycles. The van der Waals surface area contributed by atoms with Crippen molar-refractivity contribution in [1.82, 2.24) is 25.0 Å². The van der Waals surface area contributed by atoms with Gasteiger partial charge in [0.05, 0.1) is 32.1 Å². The van der Waals surface area contributed by atoms with Crippen molar-refractivity contribution in [1.29, 1.82) is 5.41 Å². The van der Waals surface area contributed by atoms with Crippen LogP contribution in [-0.2, 0) is 20.4 Å². The molecule has 6 rings (SSSR count). The fourth-order valence-electron chi connectivity index (χ4n) is 7.09. The summed E-state index contributed by atoms with van der Waals surface area (Å²) < 4.78 is 46.6. The van der Waals surface area contributed by atoms with Gasteiger partial charge in [0.25, 0.3) is 15.9 Å². The summed E-state index contributed by atoms with van der Waals surface area (Å²) in [7, 11) is 0.227. The topological polar surface area (TPSA) is 158 Å². The Kier molecular flexibility index (Phi) is 10.0. The number of methoxy groups -OCH3 is 2. The molecule has 0 unspecified atom stereocenters. The lowest BCUT2D eigenvalue weighted by molar-refractivity contribution is -0.121. The SMILES string of the molecule is CCOc1ncccc1[C@]1(NC(=O)N2CCN(C3CCN(C)CC3)CC2)C(=O)N(S(=O)(=O)c2ccc(OC)cc2OC)c2ccc(C=N)cc21. The molecule has 4 heterocycles. The van der Waals surface area contributed by atoms with Crippen LogP contribution in [0.1, 0.15) is 36.5 Å². The Morgan fingerprint density at radius 3 is 2.42 bits per heavy atom. The van der Waals surface area contributed by atoms with E-state index in [-0.39, 0.29) is 39.9 Å². The number of benzene rings is 2. The van der Waals surface area contributed by atoms with Crippen molar-refractivity contribution in [3.05, 3.63) is 71.4 Å². The van der Waals surface area contributed by atoms with E-state index in [0.717, 1.165) is 32.1 Å². The summed E-state index contributed by atoms with van der Waals surface area (Å²) in [6.07, 6.45) is 4.72. The number of sulfonamides is 1. The molecule has 2 N–H and O–H groups in total. The number of aromatic nitrogens is 1. The van der Waals surface area contributed by atoms with Gasteiger partial charge in [-0.05, 0) is 81.9 Å². The second-order valence-corrected chi connectivity index (χ2v) is 14.3. The number of pyridine rings is 1. The summed E-state index contributed by atoms with van der Waals surface area (Å²) in [5.74, 6) is -0.572. The maximum absolute atomic E-state index is 15.2. The zero-order valence-corrected chi connectivity index (χ0v) is 29.5. The number of carbonyl (C=O) groups excluding carboxylic acids is 2.